The number of aromatic amines is 1. The lowest BCUT2D eigenvalue weighted by atomic mass is 10.4. The van der Waals surface area contributed by atoms with Crippen LogP contribution in [0, 0.1) is 9.65 Å². The van der Waals surface area contributed by atoms with E-state index in [4.69, 9.17) is 0 Å². The molecule has 2 aromatic heterocycles. The van der Waals surface area contributed by atoms with Crippen molar-refractivity contribution >= 4 is 33.8 Å². The fraction of sp³-hybridized carbons (Fsp3) is 0. The van der Waals surface area contributed by atoms with Crippen molar-refractivity contribution in [1.82, 2.24) is 15.0 Å². The summed E-state index contributed by atoms with van der Waals surface area (Å²) in [6.07, 6.45) is 1.41. The smallest absolute Gasteiger partial charge is 0.171 e. The van der Waals surface area contributed by atoms with Gasteiger partial charge in [0.1, 0.15) is 5.52 Å². The second-order valence-corrected chi connectivity index (χ2v) is 3.04. The molecule has 5 heteroatoms. The maximum Gasteiger partial charge on any atom is 0.171 e. The number of aromatic nitrogens is 3. The van der Waals surface area contributed by atoms with Gasteiger partial charge in [-0.25, -0.2) is 14.4 Å². The van der Waals surface area contributed by atoms with E-state index in [-0.39, 0.29) is 5.82 Å². The molecule has 2 rings (SSSR count). The first-order chi connectivity index (χ1) is 5.27. The summed E-state index contributed by atoms with van der Waals surface area (Å²) in [5.41, 5.74) is 0.798. The van der Waals surface area contributed by atoms with E-state index < -0.39 is 0 Å². The van der Waals surface area contributed by atoms with Gasteiger partial charge in [-0.3, -0.25) is 0 Å². The molecule has 0 saturated carbocycles. The molecule has 3 nitrogen and oxygen atoms in total. The number of halogens is 2. The van der Waals surface area contributed by atoms with E-state index in [1.54, 1.807) is 0 Å². The van der Waals surface area contributed by atoms with E-state index >= 15 is 0 Å². The van der Waals surface area contributed by atoms with E-state index in [0.717, 1.165) is 0 Å². The monoisotopic (exact) mass is 263 g/mol. The molecule has 0 aliphatic carbocycles. The van der Waals surface area contributed by atoms with E-state index in [1.165, 1.54) is 12.3 Å². The molecule has 2 heterocycles. The molecular formula is C6H3FIN3. The van der Waals surface area contributed by atoms with Crippen molar-refractivity contribution in [3.8, 4) is 0 Å². The SMILES string of the molecule is Fc1ccnc2[nH]c(I)nc12. The molecule has 0 atom stereocenters. The lowest BCUT2D eigenvalue weighted by Crippen LogP contribution is -1.79. The number of fused-ring (bicyclic) bond motifs is 1. The third-order valence-corrected chi connectivity index (χ3v) is 1.82. The van der Waals surface area contributed by atoms with Crippen LogP contribution < -0.4 is 0 Å². The molecule has 56 valence electrons. The predicted molar refractivity (Wildman–Crippen MR) is 46.6 cm³/mol. The average Bonchev–Trinajstić information content (AvgIpc) is 2.31. The Hall–Kier alpha value is -0.720. The molecule has 11 heavy (non-hydrogen) atoms. The van der Waals surface area contributed by atoms with Gasteiger partial charge in [0.2, 0.25) is 0 Å². The topological polar surface area (TPSA) is 41.6 Å². The van der Waals surface area contributed by atoms with Crippen LogP contribution in [0.2, 0.25) is 0 Å². The Morgan fingerprint density at radius 2 is 2.36 bits per heavy atom. The van der Waals surface area contributed by atoms with Crippen molar-refractivity contribution in [2.75, 3.05) is 0 Å². The van der Waals surface area contributed by atoms with Crippen LogP contribution in [-0.4, -0.2) is 15.0 Å². The minimum absolute atomic E-state index is 0.303. The van der Waals surface area contributed by atoms with Crippen molar-refractivity contribution in [1.29, 1.82) is 0 Å². The highest BCUT2D eigenvalue weighted by Crippen LogP contribution is 2.12. The van der Waals surface area contributed by atoms with Crippen molar-refractivity contribution in [2.45, 2.75) is 0 Å². The zero-order valence-corrected chi connectivity index (χ0v) is 7.46. The van der Waals surface area contributed by atoms with E-state index in [0.29, 0.717) is 15.0 Å². The minimum Gasteiger partial charge on any atom is -0.318 e. The molecule has 0 aromatic carbocycles. The number of imidazole rings is 1. The molecule has 0 amide bonds. The molecule has 0 spiro atoms. The Morgan fingerprint density at radius 3 is 3.09 bits per heavy atom. The minimum atomic E-state index is -0.339. The third-order valence-electron chi connectivity index (χ3n) is 1.31. The largest absolute Gasteiger partial charge is 0.318 e. The number of hydrogen-bond donors (Lipinski definition) is 1. The van der Waals surface area contributed by atoms with Crippen molar-refractivity contribution in [3.05, 3.63) is 21.9 Å². The van der Waals surface area contributed by atoms with Crippen LogP contribution in [0.25, 0.3) is 11.2 Å². The van der Waals surface area contributed by atoms with E-state index in [9.17, 15) is 4.39 Å². The van der Waals surface area contributed by atoms with Gasteiger partial charge in [0.15, 0.2) is 15.3 Å². The molecule has 2 aromatic rings. The summed E-state index contributed by atoms with van der Waals surface area (Å²) in [5.74, 6) is -0.339. The average molecular weight is 263 g/mol. The van der Waals surface area contributed by atoms with Crippen molar-refractivity contribution < 1.29 is 4.39 Å². The van der Waals surface area contributed by atoms with Crippen LogP contribution in [-0.2, 0) is 0 Å². The summed E-state index contributed by atoms with van der Waals surface area (Å²) in [4.78, 5) is 10.6. The first kappa shape index (κ1) is 6.96. The summed E-state index contributed by atoms with van der Waals surface area (Å²) in [6.45, 7) is 0. The lowest BCUT2D eigenvalue weighted by Gasteiger charge is -1.85. The Bertz CT molecular complexity index is 398. The maximum absolute atomic E-state index is 12.9. The standard InChI is InChI=1S/C6H3FIN3/c7-3-1-2-9-5-4(3)10-6(8)11-5/h1-2H,(H,9,10,11). The summed E-state index contributed by atoms with van der Waals surface area (Å²) in [7, 11) is 0. The molecule has 0 saturated heterocycles. The molecule has 0 bridgehead atoms. The normalized spacial score (nSPS) is 10.7. The maximum atomic E-state index is 12.9. The Balaban J connectivity index is 2.90. The highest BCUT2D eigenvalue weighted by Gasteiger charge is 2.04. The summed E-state index contributed by atoms with van der Waals surface area (Å²) >= 11 is 1.98. The van der Waals surface area contributed by atoms with Gasteiger partial charge in [-0.05, 0) is 28.7 Å². The molecule has 0 fully saturated rings. The zero-order chi connectivity index (χ0) is 7.84. The number of hydrogen-bond acceptors (Lipinski definition) is 2. The van der Waals surface area contributed by atoms with Crippen LogP contribution in [0.15, 0.2) is 12.3 Å². The first-order valence-electron chi connectivity index (χ1n) is 2.93. The second-order valence-electron chi connectivity index (χ2n) is 2.02. The third kappa shape index (κ3) is 1.09. The molecule has 0 aliphatic rings. The summed E-state index contributed by atoms with van der Waals surface area (Å²) in [5, 5.41) is 0. The Kier molecular flexibility index (Phi) is 1.52. The highest BCUT2D eigenvalue weighted by molar-refractivity contribution is 14.1. The van der Waals surface area contributed by atoms with Crippen LogP contribution in [0.3, 0.4) is 0 Å². The van der Waals surface area contributed by atoms with Gasteiger partial charge in [0.05, 0.1) is 0 Å². The van der Waals surface area contributed by atoms with Gasteiger partial charge < -0.3 is 4.98 Å². The predicted octanol–water partition coefficient (Wildman–Crippen LogP) is 1.70. The molecular weight excluding hydrogens is 260 g/mol. The van der Waals surface area contributed by atoms with Crippen LogP contribution in [0.1, 0.15) is 0 Å². The number of pyridine rings is 1. The van der Waals surface area contributed by atoms with Crippen LogP contribution >= 0.6 is 22.6 Å². The van der Waals surface area contributed by atoms with Gasteiger partial charge in [0, 0.05) is 6.20 Å². The lowest BCUT2D eigenvalue weighted by molar-refractivity contribution is 0.636. The summed E-state index contributed by atoms with van der Waals surface area (Å²) in [6, 6.07) is 1.29. The van der Waals surface area contributed by atoms with E-state index in [2.05, 4.69) is 15.0 Å². The van der Waals surface area contributed by atoms with Gasteiger partial charge in [-0.1, -0.05) is 0 Å². The van der Waals surface area contributed by atoms with Gasteiger partial charge in [-0.15, -0.1) is 0 Å². The van der Waals surface area contributed by atoms with Crippen LogP contribution in [0.5, 0.6) is 0 Å². The fourth-order valence-electron chi connectivity index (χ4n) is 0.852. The van der Waals surface area contributed by atoms with Crippen molar-refractivity contribution in [3.63, 3.8) is 0 Å². The molecule has 0 aliphatic heterocycles. The number of rotatable bonds is 0. The number of H-pyrrole nitrogens is 1. The highest BCUT2D eigenvalue weighted by atomic mass is 127. The van der Waals surface area contributed by atoms with Crippen LogP contribution in [0.4, 0.5) is 4.39 Å². The van der Waals surface area contributed by atoms with Gasteiger partial charge >= 0.3 is 0 Å². The fourth-order valence-corrected chi connectivity index (χ4v) is 1.35. The quantitative estimate of drug-likeness (QED) is 0.735. The first-order valence-corrected chi connectivity index (χ1v) is 4.01. The second kappa shape index (κ2) is 2.40. The Labute approximate surface area is 75.2 Å². The Morgan fingerprint density at radius 1 is 1.55 bits per heavy atom. The summed E-state index contributed by atoms with van der Waals surface area (Å²) < 4.78 is 13.5. The number of nitrogens with one attached hydrogen (secondary N) is 1. The molecule has 1 N–H and O–H groups in total. The molecule has 0 unspecified atom stereocenters. The zero-order valence-electron chi connectivity index (χ0n) is 5.31. The van der Waals surface area contributed by atoms with Crippen molar-refractivity contribution in [2.24, 2.45) is 0 Å². The molecule has 0 radical (unpaired) electrons. The number of nitrogens with zero attached hydrogens (tertiary/aromatic N) is 2. The van der Waals surface area contributed by atoms with Gasteiger partial charge in [0.25, 0.3) is 0 Å². The van der Waals surface area contributed by atoms with Gasteiger partial charge in [-0.2, -0.15) is 0 Å². The van der Waals surface area contributed by atoms with E-state index in [1.807, 2.05) is 22.6 Å².